The quantitative estimate of drug-likeness (QED) is 0.623. The molecule has 0 unspecified atom stereocenters. The van der Waals surface area contributed by atoms with Crippen LogP contribution in [-0.4, -0.2) is 16.7 Å². The van der Waals surface area contributed by atoms with E-state index in [1.165, 1.54) is 23.5 Å². The van der Waals surface area contributed by atoms with Crippen LogP contribution in [0.2, 0.25) is 5.02 Å². The van der Waals surface area contributed by atoms with Gasteiger partial charge in [0.1, 0.15) is 17.4 Å². The minimum absolute atomic E-state index is 0.0212. The Morgan fingerprint density at radius 3 is 2.95 bits per heavy atom. The Morgan fingerprint density at radius 1 is 1.55 bits per heavy atom. The molecule has 1 heterocycles. The fourth-order valence-corrected chi connectivity index (χ4v) is 3.05. The number of rotatable bonds is 5. The van der Waals surface area contributed by atoms with Gasteiger partial charge in [-0.1, -0.05) is 11.6 Å². The first kappa shape index (κ1) is 14.7. The van der Waals surface area contributed by atoms with Crippen LogP contribution in [0, 0.1) is 22.9 Å². The van der Waals surface area contributed by atoms with Crippen molar-refractivity contribution in [2.75, 3.05) is 6.61 Å². The van der Waals surface area contributed by atoms with E-state index in [2.05, 4.69) is 9.82 Å². The van der Waals surface area contributed by atoms with Gasteiger partial charge in [-0.15, -0.1) is 21.5 Å². The van der Waals surface area contributed by atoms with Gasteiger partial charge in [-0.25, -0.2) is 9.37 Å². The SMILES string of the molecule is Cc1nc(-c2ccc(F)cc2Cl)sc1CCO[N+](=O)[O-]. The van der Waals surface area contributed by atoms with Crippen LogP contribution in [0.25, 0.3) is 10.6 Å². The number of hydrogen-bond acceptors (Lipinski definition) is 5. The Balaban J connectivity index is 2.20. The highest BCUT2D eigenvalue weighted by Crippen LogP contribution is 2.33. The maximum Gasteiger partial charge on any atom is 0.294 e. The first-order chi connectivity index (χ1) is 9.47. The number of aryl methyl sites for hydroxylation is 1. The van der Waals surface area contributed by atoms with E-state index in [0.717, 1.165) is 10.6 Å². The van der Waals surface area contributed by atoms with Crippen molar-refractivity contribution in [2.24, 2.45) is 0 Å². The number of benzene rings is 1. The van der Waals surface area contributed by atoms with Crippen LogP contribution in [0.5, 0.6) is 0 Å². The molecule has 20 heavy (non-hydrogen) atoms. The molecule has 2 rings (SSSR count). The van der Waals surface area contributed by atoms with Gasteiger partial charge >= 0.3 is 0 Å². The number of hydrogen-bond donors (Lipinski definition) is 0. The monoisotopic (exact) mass is 316 g/mol. The zero-order valence-corrected chi connectivity index (χ0v) is 12.0. The van der Waals surface area contributed by atoms with E-state index in [0.29, 0.717) is 17.0 Å². The third kappa shape index (κ3) is 3.43. The topological polar surface area (TPSA) is 65.3 Å². The Bertz CT molecular complexity index is 648. The molecule has 0 aliphatic heterocycles. The minimum Gasteiger partial charge on any atom is -0.314 e. The van der Waals surface area contributed by atoms with E-state index < -0.39 is 10.9 Å². The number of halogens is 2. The average molecular weight is 317 g/mol. The molecule has 106 valence electrons. The molecule has 2 aromatic rings. The zero-order chi connectivity index (χ0) is 14.7. The lowest BCUT2D eigenvalue weighted by molar-refractivity contribution is -0.757. The number of aromatic nitrogens is 1. The third-order valence-electron chi connectivity index (χ3n) is 2.58. The molecular formula is C12H10ClFN2O3S. The standard InChI is InChI=1S/C12H10ClFN2O3S/c1-7-11(4-5-19-16(17)18)20-12(15-7)9-3-2-8(14)6-10(9)13/h2-3,6H,4-5H2,1H3. The third-order valence-corrected chi connectivity index (χ3v) is 4.14. The Kier molecular flexibility index (Phi) is 4.51. The first-order valence-electron chi connectivity index (χ1n) is 5.66. The second-order valence-electron chi connectivity index (χ2n) is 3.96. The summed E-state index contributed by atoms with van der Waals surface area (Å²) in [6, 6.07) is 4.10. The van der Waals surface area contributed by atoms with Gasteiger partial charge in [0.2, 0.25) is 0 Å². The highest BCUT2D eigenvalue weighted by molar-refractivity contribution is 7.15. The fourth-order valence-electron chi connectivity index (χ4n) is 1.65. The summed E-state index contributed by atoms with van der Waals surface area (Å²) in [5.74, 6) is -0.411. The summed E-state index contributed by atoms with van der Waals surface area (Å²) < 4.78 is 13.0. The van der Waals surface area contributed by atoms with E-state index in [-0.39, 0.29) is 11.6 Å². The molecule has 0 N–H and O–H groups in total. The van der Waals surface area contributed by atoms with Crippen LogP contribution in [0.15, 0.2) is 18.2 Å². The lowest BCUT2D eigenvalue weighted by Crippen LogP contribution is -2.04. The molecule has 0 saturated heterocycles. The summed E-state index contributed by atoms with van der Waals surface area (Å²) in [7, 11) is 0. The summed E-state index contributed by atoms with van der Waals surface area (Å²) >= 11 is 7.35. The molecule has 0 aliphatic rings. The summed E-state index contributed by atoms with van der Waals surface area (Å²) in [5, 5.41) is 10.2. The summed E-state index contributed by atoms with van der Waals surface area (Å²) in [4.78, 5) is 19.6. The van der Waals surface area contributed by atoms with Crippen LogP contribution in [0.3, 0.4) is 0 Å². The molecule has 8 heteroatoms. The van der Waals surface area contributed by atoms with Gasteiger partial charge in [0.25, 0.3) is 5.09 Å². The molecule has 0 aliphatic carbocycles. The van der Waals surface area contributed by atoms with Crippen molar-refractivity contribution in [2.45, 2.75) is 13.3 Å². The maximum atomic E-state index is 13.0. The Labute approximate surface area is 123 Å². The van der Waals surface area contributed by atoms with Gasteiger partial charge in [0.05, 0.1) is 10.7 Å². The van der Waals surface area contributed by atoms with Crippen LogP contribution < -0.4 is 0 Å². The number of nitrogens with zero attached hydrogens (tertiary/aromatic N) is 2. The molecule has 5 nitrogen and oxygen atoms in total. The molecule has 0 bridgehead atoms. The minimum atomic E-state index is -0.825. The van der Waals surface area contributed by atoms with E-state index in [1.54, 1.807) is 13.0 Å². The van der Waals surface area contributed by atoms with Gasteiger partial charge in [-0.2, -0.15) is 0 Å². The van der Waals surface area contributed by atoms with Crippen molar-refractivity contribution >= 4 is 22.9 Å². The van der Waals surface area contributed by atoms with Crippen molar-refractivity contribution in [3.05, 3.63) is 49.7 Å². The Morgan fingerprint density at radius 2 is 2.30 bits per heavy atom. The molecule has 0 spiro atoms. The smallest absolute Gasteiger partial charge is 0.294 e. The van der Waals surface area contributed by atoms with Crippen molar-refractivity contribution in [3.63, 3.8) is 0 Å². The molecular weight excluding hydrogens is 307 g/mol. The normalized spacial score (nSPS) is 10.6. The fraction of sp³-hybridized carbons (Fsp3) is 0.250. The van der Waals surface area contributed by atoms with Crippen molar-refractivity contribution in [1.29, 1.82) is 0 Å². The van der Waals surface area contributed by atoms with Crippen molar-refractivity contribution in [1.82, 2.24) is 4.98 Å². The lowest BCUT2D eigenvalue weighted by Gasteiger charge is -1.99. The van der Waals surface area contributed by atoms with Crippen molar-refractivity contribution < 1.29 is 14.3 Å². The van der Waals surface area contributed by atoms with E-state index in [9.17, 15) is 14.5 Å². The predicted octanol–water partition coefficient (Wildman–Crippen LogP) is 3.66. The summed E-state index contributed by atoms with van der Waals surface area (Å²) in [6.45, 7) is 1.78. The molecule has 1 aromatic carbocycles. The zero-order valence-electron chi connectivity index (χ0n) is 10.4. The maximum absolute atomic E-state index is 13.0. The summed E-state index contributed by atoms with van der Waals surface area (Å²) in [6.07, 6.45) is 0.392. The van der Waals surface area contributed by atoms with Crippen LogP contribution in [0.4, 0.5) is 4.39 Å². The first-order valence-corrected chi connectivity index (χ1v) is 6.86. The average Bonchev–Trinajstić information content (AvgIpc) is 2.70. The van der Waals surface area contributed by atoms with E-state index in [4.69, 9.17) is 11.6 Å². The van der Waals surface area contributed by atoms with Crippen LogP contribution >= 0.6 is 22.9 Å². The predicted molar refractivity (Wildman–Crippen MR) is 73.9 cm³/mol. The molecule has 0 saturated carbocycles. The van der Waals surface area contributed by atoms with Gasteiger partial charge in [-0.05, 0) is 25.1 Å². The van der Waals surface area contributed by atoms with Crippen LogP contribution in [-0.2, 0) is 11.3 Å². The van der Waals surface area contributed by atoms with Crippen molar-refractivity contribution in [3.8, 4) is 10.6 Å². The molecule has 0 atom stereocenters. The molecule has 0 fully saturated rings. The Hall–Kier alpha value is -1.73. The lowest BCUT2D eigenvalue weighted by atomic mass is 10.2. The number of thiazole rings is 1. The van der Waals surface area contributed by atoms with E-state index in [1.807, 2.05) is 0 Å². The highest BCUT2D eigenvalue weighted by atomic mass is 35.5. The van der Waals surface area contributed by atoms with Gasteiger partial charge in [0, 0.05) is 16.9 Å². The summed E-state index contributed by atoms with van der Waals surface area (Å²) in [5.41, 5.74) is 1.40. The highest BCUT2D eigenvalue weighted by Gasteiger charge is 2.13. The van der Waals surface area contributed by atoms with Gasteiger partial charge < -0.3 is 4.84 Å². The van der Waals surface area contributed by atoms with Crippen LogP contribution in [0.1, 0.15) is 10.6 Å². The van der Waals surface area contributed by atoms with Gasteiger partial charge in [-0.3, -0.25) is 0 Å². The van der Waals surface area contributed by atoms with Gasteiger partial charge in [0.15, 0.2) is 0 Å². The second-order valence-corrected chi connectivity index (χ2v) is 5.45. The molecule has 0 radical (unpaired) electrons. The largest absolute Gasteiger partial charge is 0.314 e. The second kappa shape index (κ2) is 6.15. The molecule has 1 aromatic heterocycles. The van der Waals surface area contributed by atoms with E-state index >= 15 is 0 Å². The molecule has 0 amide bonds.